The molecule has 3 aromatic carbocycles. The Hall–Kier alpha value is -4.05. The van der Waals surface area contributed by atoms with Crippen LogP contribution in [0.15, 0.2) is 72.8 Å². The molecule has 0 heterocycles. The summed E-state index contributed by atoms with van der Waals surface area (Å²) in [6.07, 6.45) is -4.51. The molecule has 0 aliphatic rings. The largest absolute Gasteiger partial charge is 0.489 e. The van der Waals surface area contributed by atoms with Gasteiger partial charge in [-0.2, -0.15) is 13.2 Å². The fourth-order valence-corrected chi connectivity index (χ4v) is 3.17. The number of hydrogen-bond donors (Lipinski definition) is 3. The molecule has 2 amide bonds. The number of alkyl halides is 3. The Morgan fingerprint density at radius 1 is 0.861 bits per heavy atom. The van der Waals surface area contributed by atoms with Crippen LogP contribution in [-0.4, -0.2) is 38.2 Å². The zero-order valence-corrected chi connectivity index (χ0v) is 19.5. The van der Waals surface area contributed by atoms with Crippen LogP contribution >= 0.6 is 0 Å². The van der Waals surface area contributed by atoms with Crippen molar-refractivity contribution >= 4 is 28.9 Å². The summed E-state index contributed by atoms with van der Waals surface area (Å²) in [5.41, 5.74) is 0.377. The van der Waals surface area contributed by atoms with Crippen molar-refractivity contribution in [2.24, 2.45) is 0 Å². The Kier molecular flexibility index (Phi) is 9.29. The topological polar surface area (TPSA) is 88.7 Å². The maximum Gasteiger partial charge on any atom is 0.416 e. The number of halogens is 3. The molecule has 0 radical (unpaired) electrons. The lowest BCUT2D eigenvalue weighted by Gasteiger charge is -2.13. The van der Waals surface area contributed by atoms with E-state index in [-0.39, 0.29) is 23.7 Å². The van der Waals surface area contributed by atoms with Crippen molar-refractivity contribution < 1.29 is 32.2 Å². The van der Waals surface area contributed by atoms with Gasteiger partial charge in [-0.3, -0.25) is 9.59 Å². The van der Waals surface area contributed by atoms with Crippen molar-refractivity contribution in [1.82, 2.24) is 0 Å². The Balaban J connectivity index is 1.56. The summed E-state index contributed by atoms with van der Waals surface area (Å²) in [7, 11) is 0. The van der Waals surface area contributed by atoms with Crippen molar-refractivity contribution in [2.45, 2.75) is 13.1 Å². The number of hydrogen-bond acceptors (Lipinski definition) is 5. The molecule has 0 saturated heterocycles. The summed E-state index contributed by atoms with van der Waals surface area (Å²) < 4.78 is 49.6. The lowest BCUT2D eigenvalue weighted by molar-refractivity contribution is -0.137. The highest BCUT2D eigenvalue weighted by Crippen LogP contribution is 2.30. The zero-order chi connectivity index (χ0) is 26.0. The van der Waals surface area contributed by atoms with E-state index in [0.717, 1.165) is 12.1 Å². The molecule has 10 heteroatoms. The van der Waals surface area contributed by atoms with Gasteiger partial charge in [-0.25, -0.2) is 0 Å². The van der Waals surface area contributed by atoms with E-state index in [0.29, 0.717) is 36.9 Å². The van der Waals surface area contributed by atoms with Crippen LogP contribution in [0.5, 0.6) is 5.75 Å². The summed E-state index contributed by atoms with van der Waals surface area (Å²) in [5.74, 6) is -0.408. The van der Waals surface area contributed by atoms with Crippen molar-refractivity contribution in [3.8, 4) is 5.75 Å². The van der Waals surface area contributed by atoms with E-state index >= 15 is 0 Å². The second-order valence-electron chi connectivity index (χ2n) is 7.56. The predicted molar refractivity (Wildman–Crippen MR) is 131 cm³/mol. The van der Waals surface area contributed by atoms with Crippen LogP contribution in [-0.2, 0) is 15.7 Å². The first-order chi connectivity index (χ1) is 17.3. The summed E-state index contributed by atoms with van der Waals surface area (Å²) in [6.45, 7) is 3.15. The van der Waals surface area contributed by atoms with E-state index in [1.165, 1.54) is 24.3 Å². The molecule has 0 unspecified atom stereocenters. The molecule has 0 fully saturated rings. The van der Waals surface area contributed by atoms with Crippen molar-refractivity contribution in [3.05, 3.63) is 83.9 Å². The summed E-state index contributed by atoms with van der Waals surface area (Å²) in [6, 6.07) is 17.7. The summed E-state index contributed by atoms with van der Waals surface area (Å²) in [4.78, 5) is 25.0. The highest BCUT2D eigenvalue weighted by atomic mass is 19.4. The molecule has 0 aromatic heterocycles. The van der Waals surface area contributed by atoms with Crippen LogP contribution in [0.2, 0.25) is 0 Å². The van der Waals surface area contributed by atoms with Gasteiger partial charge in [-0.05, 0) is 55.5 Å². The zero-order valence-electron chi connectivity index (χ0n) is 19.5. The Morgan fingerprint density at radius 2 is 1.61 bits per heavy atom. The minimum Gasteiger partial charge on any atom is -0.489 e. The third-order valence-corrected chi connectivity index (χ3v) is 4.88. The molecule has 3 N–H and O–H groups in total. The molecule has 0 atom stereocenters. The molecule has 0 spiro atoms. The molecular formula is C26H26F3N3O4. The van der Waals surface area contributed by atoms with E-state index in [1.54, 1.807) is 36.4 Å². The number of ether oxygens (including phenoxy) is 2. The molecule has 7 nitrogen and oxygen atoms in total. The van der Waals surface area contributed by atoms with Gasteiger partial charge in [0, 0.05) is 23.5 Å². The fraction of sp³-hybridized carbons (Fsp3) is 0.231. The number of para-hydroxylation sites is 2. The van der Waals surface area contributed by atoms with Gasteiger partial charge in [0.2, 0.25) is 5.91 Å². The van der Waals surface area contributed by atoms with Crippen molar-refractivity contribution in [2.75, 3.05) is 42.3 Å². The lowest BCUT2D eigenvalue weighted by Crippen LogP contribution is -2.22. The first-order valence-corrected chi connectivity index (χ1v) is 11.2. The number of benzene rings is 3. The molecule has 0 bridgehead atoms. The van der Waals surface area contributed by atoms with Gasteiger partial charge in [-0.1, -0.05) is 24.3 Å². The monoisotopic (exact) mass is 501 g/mol. The highest BCUT2D eigenvalue weighted by molar-refractivity contribution is 6.05. The molecule has 36 heavy (non-hydrogen) atoms. The molecule has 3 rings (SSSR count). The Labute approximate surface area is 206 Å². The van der Waals surface area contributed by atoms with Crippen LogP contribution in [0.4, 0.5) is 30.2 Å². The second kappa shape index (κ2) is 12.6. The van der Waals surface area contributed by atoms with Crippen LogP contribution in [0.1, 0.15) is 22.8 Å². The minimum atomic E-state index is -4.51. The van der Waals surface area contributed by atoms with Gasteiger partial charge in [-0.15, -0.1) is 0 Å². The Bertz CT molecular complexity index is 1180. The maximum absolute atomic E-state index is 12.9. The maximum atomic E-state index is 12.9. The molecule has 0 saturated carbocycles. The number of anilines is 3. The smallest absolute Gasteiger partial charge is 0.416 e. The van der Waals surface area contributed by atoms with Crippen LogP contribution < -0.4 is 20.7 Å². The van der Waals surface area contributed by atoms with E-state index in [1.807, 2.05) is 6.92 Å². The first kappa shape index (κ1) is 26.6. The molecule has 3 aromatic rings. The van der Waals surface area contributed by atoms with Gasteiger partial charge in [0.1, 0.15) is 12.4 Å². The number of nitrogens with one attached hydrogen (secondary N) is 3. The van der Waals surface area contributed by atoms with Gasteiger partial charge in [0.15, 0.2) is 0 Å². The van der Waals surface area contributed by atoms with E-state index in [2.05, 4.69) is 16.0 Å². The molecular weight excluding hydrogens is 475 g/mol. The standard InChI is InChI=1S/C26H26F3N3O4/c1-2-35-13-14-36-23-12-4-3-11-22(23)32-24(33)17-30-20-9-5-7-18(15-20)25(34)31-21-10-6-8-19(16-21)26(27,28)29/h3-12,15-16,30H,2,13-14,17H2,1H3,(H,31,34)(H,32,33). The van der Waals surface area contributed by atoms with Gasteiger partial charge >= 0.3 is 6.18 Å². The predicted octanol–water partition coefficient (Wildman–Crippen LogP) is 5.42. The van der Waals surface area contributed by atoms with E-state index < -0.39 is 17.6 Å². The van der Waals surface area contributed by atoms with Crippen molar-refractivity contribution in [3.63, 3.8) is 0 Å². The third kappa shape index (κ3) is 8.02. The average molecular weight is 502 g/mol. The fourth-order valence-electron chi connectivity index (χ4n) is 3.17. The van der Waals surface area contributed by atoms with Crippen molar-refractivity contribution in [1.29, 1.82) is 0 Å². The minimum absolute atomic E-state index is 0.0229. The van der Waals surface area contributed by atoms with Crippen LogP contribution in [0.3, 0.4) is 0 Å². The highest BCUT2D eigenvalue weighted by Gasteiger charge is 2.30. The van der Waals surface area contributed by atoms with Gasteiger partial charge < -0.3 is 25.4 Å². The number of carbonyl (C=O) groups is 2. The summed E-state index contributed by atoms with van der Waals surface area (Å²) >= 11 is 0. The van der Waals surface area contributed by atoms with E-state index in [9.17, 15) is 22.8 Å². The van der Waals surface area contributed by atoms with Gasteiger partial charge in [0.25, 0.3) is 5.91 Å². The third-order valence-electron chi connectivity index (χ3n) is 4.88. The number of carbonyl (C=O) groups excluding carboxylic acids is 2. The SMILES string of the molecule is CCOCCOc1ccccc1NC(=O)CNc1cccc(C(=O)Nc2cccc(C(F)(F)F)c2)c1. The van der Waals surface area contributed by atoms with E-state index in [4.69, 9.17) is 9.47 Å². The number of rotatable bonds is 11. The van der Waals surface area contributed by atoms with Gasteiger partial charge in [0.05, 0.1) is 24.4 Å². The van der Waals surface area contributed by atoms with Crippen LogP contribution in [0, 0.1) is 0 Å². The molecule has 0 aliphatic carbocycles. The Morgan fingerprint density at radius 3 is 2.39 bits per heavy atom. The lowest BCUT2D eigenvalue weighted by atomic mass is 10.1. The molecule has 190 valence electrons. The average Bonchev–Trinajstić information content (AvgIpc) is 2.86. The van der Waals surface area contributed by atoms with Crippen LogP contribution in [0.25, 0.3) is 0 Å². The number of amides is 2. The first-order valence-electron chi connectivity index (χ1n) is 11.2. The quantitative estimate of drug-likeness (QED) is 0.305. The second-order valence-corrected chi connectivity index (χ2v) is 7.56. The molecule has 0 aliphatic heterocycles. The normalized spacial score (nSPS) is 11.0. The summed E-state index contributed by atoms with van der Waals surface area (Å²) in [5, 5.41) is 8.16.